The Kier molecular flexibility index (Phi) is 5.77. The predicted molar refractivity (Wildman–Crippen MR) is 89.5 cm³/mol. The smallest absolute Gasteiger partial charge is 0.127 e. The van der Waals surface area contributed by atoms with Crippen molar-refractivity contribution in [3.05, 3.63) is 54.1 Å². The van der Waals surface area contributed by atoms with Gasteiger partial charge < -0.3 is 5.32 Å². The highest BCUT2D eigenvalue weighted by Crippen LogP contribution is 2.15. The van der Waals surface area contributed by atoms with Gasteiger partial charge in [0.15, 0.2) is 0 Å². The first-order valence-corrected chi connectivity index (χ1v) is 8.48. The lowest BCUT2D eigenvalue weighted by Crippen LogP contribution is -2.45. The van der Waals surface area contributed by atoms with Crippen LogP contribution < -0.4 is 5.32 Å². The van der Waals surface area contributed by atoms with Crippen LogP contribution in [0.5, 0.6) is 0 Å². The van der Waals surface area contributed by atoms with E-state index in [-0.39, 0.29) is 5.82 Å². The molecule has 0 aliphatic carbocycles. The molecule has 23 heavy (non-hydrogen) atoms. The molecular weight excluding hydrogens is 291 g/mol. The lowest BCUT2D eigenvalue weighted by atomic mass is 10.0. The van der Waals surface area contributed by atoms with Crippen LogP contribution in [-0.4, -0.2) is 40.4 Å². The second-order valence-corrected chi connectivity index (χ2v) is 6.24. The largest absolute Gasteiger partial charge is 0.313 e. The first-order chi connectivity index (χ1) is 11.3. The number of benzene rings is 1. The third-order valence-electron chi connectivity index (χ3n) is 4.41. The Balaban J connectivity index is 1.40. The fourth-order valence-corrected chi connectivity index (χ4v) is 3.21. The Bertz CT molecular complexity index is 584. The topological polar surface area (TPSA) is 33.1 Å². The molecule has 1 atom stereocenters. The minimum absolute atomic E-state index is 0.0956. The summed E-state index contributed by atoms with van der Waals surface area (Å²) in [5.74, 6) is -0.0956. The van der Waals surface area contributed by atoms with Crippen LogP contribution in [0.1, 0.15) is 24.8 Å². The van der Waals surface area contributed by atoms with Crippen LogP contribution in [0.15, 0.2) is 42.7 Å². The molecule has 3 rings (SSSR count). The summed E-state index contributed by atoms with van der Waals surface area (Å²) in [5.41, 5.74) is 0.798. The van der Waals surface area contributed by atoms with E-state index in [0.29, 0.717) is 12.6 Å². The predicted octanol–water partition coefficient (Wildman–Crippen LogP) is 2.67. The summed E-state index contributed by atoms with van der Waals surface area (Å²) in [6.07, 6.45) is 7.26. The number of rotatable bonds is 7. The molecule has 0 amide bonds. The van der Waals surface area contributed by atoms with Gasteiger partial charge in [0.1, 0.15) is 5.82 Å². The Labute approximate surface area is 137 Å². The van der Waals surface area contributed by atoms with E-state index in [9.17, 15) is 4.39 Å². The second kappa shape index (κ2) is 8.22. The Morgan fingerprint density at radius 3 is 3.00 bits per heavy atom. The van der Waals surface area contributed by atoms with Gasteiger partial charge in [-0.3, -0.25) is 9.58 Å². The lowest BCUT2D eigenvalue weighted by molar-refractivity contribution is 0.181. The zero-order chi connectivity index (χ0) is 15.9. The maximum absolute atomic E-state index is 13.8. The number of hydrogen-bond donors (Lipinski definition) is 1. The van der Waals surface area contributed by atoms with Crippen LogP contribution in [0, 0.1) is 5.82 Å². The number of aryl methyl sites for hydroxylation is 1. The highest BCUT2D eigenvalue weighted by Gasteiger charge is 2.20. The van der Waals surface area contributed by atoms with Gasteiger partial charge in [0, 0.05) is 43.6 Å². The number of nitrogens with one attached hydrogen (secondary N) is 1. The fourth-order valence-electron chi connectivity index (χ4n) is 3.21. The fraction of sp³-hybridized carbons (Fsp3) is 0.500. The van der Waals surface area contributed by atoms with Crippen LogP contribution in [-0.2, 0) is 13.1 Å². The number of likely N-dealkylation sites (tertiary alicyclic amines) is 1. The van der Waals surface area contributed by atoms with Crippen LogP contribution in [0.3, 0.4) is 0 Å². The molecule has 124 valence electrons. The average molecular weight is 316 g/mol. The van der Waals surface area contributed by atoms with Gasteiger partial charge in [-0.25, -0.2) is 4.39 Å². The van der Waals surface area contributed by atoms with E-state index in [0.717, 1.165) is 38.2 Å². The molecule has 1 fully saturated rings. The van der Waals surface area contributed by atoms with Gasteiger partial charge in [-0.15, -0.1) is 0 Å². The van der Waals surface area contributed by atoms with E-state index >= 15 is 0 Å². The summed E-state index contributed by atoms with van der Waals surface area (Å²) in [7, 11) is 0. The molecule has 1 aromatic carbocycles. The number of piperidine rings is 1. The minimum Gasteiger partial charge on any atom is -0.313 e. The van der Waals surface area contributed by atoms with Gasteiger partial charge in [0.25, 0.3) is 0 Å². The maximum Gasteiger partial charge on any atom is 0.127 e. The van der Waals surface area contributed by atoms with Crippen molar-refractivity contribution in [2.24, 2.45) is 0 Å². The Hall–Kier alpha value is -1.72. The summed E-state index contributed by atoms with van der Waals surface area (Å²) in [6.45, 7) is 4.71. The summed E-state index contributed by atoms with van der Waals surface area (Å²) >= 11 is 0. The monoisotopic (exact) mass is 316 g/mol. The van der Waals surface area contributed by atoms with Gasteiger partial charge >= 0.3 is 0 Å². The highest BCUT2D eigenvalue weighted by atomic mass is 19.1. The molecule has 1 N–H and O–H groups in total. The van der Waals surface area contributed by atoms with Crippen molar-refractivity contribution in [3.8, 4) is 0 Å². The summed E-state index contributed by atoms with van der Waals surface area (Å²) in [5, 5.41) is 7.85. The molecular formula is C18H25FN4. The van der Waals surface area contributed by atoms with E-state index in [1.807, 2.05) is 35.3 Å². The van der Waals surface area contributed by atoms with E-state index in [4.69, 9.17) is 0 Å². The Morgan fingerprint density at radius 1 is 1.26 bits per heavy atom. The molecule has 4 nitrogen and oxygen atoms in total. The molecule has 2 aromatic rings. The maximum atomic E-state index is 13.8. The van der Waals surface area contributed by atoms with Crippen molar-refractivity contribution >= 4 is 0 Å². The summed E-state index contributed by atoms with van der Waals surface area (Å²) < 4.78 is 15.7. The third-order valence-corrected chi connectivity index (χ3v) is 4.41. The van der Waals surface area contributed by atoms with Crippen molar-refractivity contribution < 1.29 is 4.39 Å². The minimum atomic E-state index is -0.0956. The van der Waals surface area contributed by atoms with Crippen LogP contribution in [0.2, 0.25) is 0 Å². The first-order valence-electron chi connectivity index (χ1n) is 8.48. The molecule has 1 aliphatic rings. The van der Waals surface area contributed by atoms with Crippen molar-refractivity contribution in [3.63, 3.8) is 0 Å². The van der Waals surface area contributed by atoms with E-state index < -0.39 is 0 Å². The molecule has 0 unspecified atom stereocenters. The van der Waals surface area contributed by atoms with Crippen LogP contribution in [0.25, 0.3) is 0 Å². The molecule has 0 radical (unpaired) electrons. The van der Waals surface area contributed by atoms with E-state index in [1.54, 1.807) is 12.1 Å². The average Bonchev–Trinajstić information content (AvgIpc) is 3.08. The standard InChI is InChI=1S/C18H25FN4/c19-18-8-2-1-6-16(18)14-22-11-3-7-17(15-22)20-9-4-12-23-13-5-10-21-23/h1-2,5-6,8,10,13,17,20H,3-4,7,9,11-12,14-15H2/t17-/m1/s1. The lowest BCUT2D eigenvalue weighted by Gasteiger charge is -2.33. The number of aromatic nitrogens is 2. The van der Waals surface area contributed by atoms with Crippen molar-refractivity contribution in [1.29, 1.82) is 0 Å². The van der Waals surface area contributed by atoms with Gasteiger partial charge in [-0.2, -0.15) is 5.10 Å². The highest BCUT2D eigenvalue weighted by molar-refractivity contribution is 5.17. The van der Waals surface area contributed by atoms with E-state index in [2.05, 4.69) is 15.3 Å². The van der Waals surface area contributed by atoms with Gasteiger partial charge in [-0.05, 0) is 44.5 Å². The summed E-state index contributed by atoms with van der Waals surface area (Å²) in [6, 6.07) is 9.55. The molecule has 0 saturated carbocycles. The van der Waals surface area contributed by atoms with Crippen LogP contribution >= 0.6 is 0 Å². The first kappa shape index (κ1) is 16.1. The number of nitrogens with zero attached hydrogens (tertiary/aromatic N) is 3. The summed E-state index contributed by atoms with van der Waals surface area (Å²) in [4.78, 5) is 2.35. The van der Waals surface area contributed by atoms with Crippen LogP contribution in [0.4, 0.5) is 4.39 Å². The number of halogens is 1. The van der Waals surface area contributed by atoms with Crippen molar-refractivity contribution in [2.45, 2.75) is 38.4 Å². The third kappa shape index (κ3) is 4.88. The van der Waals surface area contributed by atoms with Crippen molar-refractivity contribution in [1.82, 2.24) is 20.0 Å². The molecule has 2 heterocycles. The van der Waals surface area contributed by atoms with Crippen molar-refractivity contribution in [2.75, 3.05) is 19.6 Å². The molecule has 0 spiro atoms. The Morgan fingerprint density at radius 2 is 2.17 bits per heavy atom. The van der Waals surface area contributed by atoms with E-state index in [1.165, 1.54) is 12.8 Å². The molecule has 1 saturated heterocycles. The number of hydrogen-bond acceptors (Lipinski definition) is 3. The quantitative estimate of drug-likeness (QED) is 0.797. The molecule has 1 aliphatic heterocycles. The zero-order valence-corrected chi connectivity index (χ0v) is 13.5. The molecule has 0 bridgehead atoms. The zero-order valence-electron chi connectivity index (χ0n) is 13.5. The molecule has 1 aromatic heterocycles. The van der Waals surface area contributed by atoms with Gasteiger partial charge in [-0.1, -0.05) is 18.2 Å². The normalized spacial score (nSPS) is 19.1. The van der Waals surface area contributed by atoms with Gasteiger partial charge in [0.2, 0.25) is 0 Å². The second-order valence-electron chi connectivity index (χ2n) is 6.24. The van der Waals surface area contributed by atoms with Gasteiger partial charge in [0.05, 0.1) is 0 Å². The molecule has 5 heteroatoms. The SMILES string of the molecule is Fc1ccccc1CN1CCC[C@@H](NCCCn2cccn2)C1.